The molecule has 0 aliphatic carbocycles. The Morgan fingerprint density at radius 3 is 2.75 bits per heavy atom. The summed E-state index contributed by atoms with van der Waals surface area (Å²) in [7, 11) is 0. The number of hydrogen-bond acceptors (Lipinski definition) is 3. The first-order valence-electron chi connectivity index (χ1n) is 7.42. The monoisotopic (exact) mass is 275 g/mol. The maximum absolute atomic E-state index is 6.34. The average Bonchev–Trinajstić information content (AvgIpc) is 2.78. The summed E-state index contributed by atoms with van der Waals surface area (Å²) in [6.07, 6.45) is 0.942. The highest BCUT2D eigenvalue weighted by atomic mass is 16.5. The van der Waals surface area contributed by atoms with Gasteiger partial charge in [0.1, 0.15) is 5.82 Å². The zero-order valence-corrected chi connectivity index (χ0v) is 12.7. The topological polar surface area (TPSA) is 53.1 Å². The molecule has 4 nitrogen and oxygen atoms in total. The summed E-state index contributed by atoms with van der Waals surface area (Å²) < 4.78 is 7.69. The van der Waals surface area contributed by atoms with Crippen LogP contribution in [0.3, 0.4) is 0 Å². The fraction of sp³-hybridized carbons (Fsp3) is 0.562. The quantitative estimate of drug-likeness (QED) is 0.790. The normalized spacial score (nSPS) is 13.2. The van der Waals surface area contributed by atoms with E-state index in [1.807, 2.05) is 25.1 Å². The number of para-hydroxylation sites is 2. The number of nitrogens with two attached hydrogens (primary N) is 1. The number of hydrogen-bond donors (Lipinski definition) is 1. The molecule has 0 saturated heterocycles. The van der Waals surface area contributed by atoms with Gasteiger partial charge in [0.05, 0.1) is 23.7 Å². The molecule has 0 aliphatic rings. The van der Waals surface area contributed by atoms with Gasteiger partial charge in [-0.15, -0.1) is 0 Å². The van der Waals surface area contributed by atoms with Crippen LogP contribution in [0.4, 0.5) is 0 Å². The van der Waals surface area contributed by atoms with Gasteiger partial charge in [0.2, 0.25) is 0 Å². The van der Waals surface area contributed by atoms with E-state index in [-0.39, 0.29) is 6.04 Å². The molecule has 1 atom stereocenters. The average molecular weight is 275 g/mol. The molecule has 0 amide bonds. The van der Waals surface area contributed by atoms with E-state index in [0.29, 0.717) is 12.5 Å². The van der Waals surface area contributed by atoms with Crippen molar-refractivity contribution in [1.29, 1.82) is 0 Å². The van der Waals surface area contributed by atoms with E-state index in [1.165, 1.54) is 0 Å². The molecule has 1 unspecified atom stereocenters. The Morgan fingerprint density at radius 2 is 2.05 bits per heavy atom. The molecule has 110 valence electrons. The molecule has 1 aromatic carbocycles. The van der Waals surface area contributed by atoms with Gasteiger partial charge >= 0.3 is 0 Å². The standard InChI is InChI=1S/C16H25N3O/c1-4-20-10-9-19-15-8-6-5-7-14(15)18-16(19)13(17)11-12(2)3/h5-8,12-13H,4,9-11,17H2,1-3H3. The van der Waals surface area contributed by atoms with Gasteiger partial charge in [0.15, 0.2) is 0 Å². The van der Waals surface area contributed by atoms with E-state index in [2.05, 4.69) is 24.5 Å². The van der Waals surface area contributed by atoms with Crippen molar-refractivity contribution in [2.75, 3.05) is 13.2 Å². The minimum atomic E-state index is -0.0240. The minimum Gasteiger partial charge on any atom is -0.380 e. The molecule has 0 aliphatic heterocycles. The van der Waals surface area contributed by atoms with Crippen LogP contribution in [0.15, 0.2) is 24.3 Å². The van der Waals surface area contributed by atoms with Crippen molar-refractivity contribution in [1.82, 2.24) is 9.55 Å². The molecule has 0 spiro atoms. The smallest absolute Gasteiger partial charge is 0.126 e. The van der Waals surface area contributed by atoms with Gasteiger partial charge in [-0.3, -0.25) is 0 Å². The SMILES string of the molecule is CCOCCn1c(C(N)CC(C)C)nc2ccccc21. The Labute approximate surface area is 120 Å². The zero-order chi connectivity index (χ0) is 14.5. The van der Waals surface area contributed by atoms with Crippen LogP contribution in [0.2, 0.25) is 0 Å². The second-order valence-corrected chi connectivity index (χ2v) is 5.54. The first-order chi connectivity index (χ1) is 9.63. The van der Waals surface area contributed by atoms with Gasteiger partial charge in [0, 0.05) is 13.2 Å². The number of nitrogens with zero attached hydrogens (tertiary/aromatic N) is 2. The van der Waals surface area contributed by atoms with Crippen molar-refractivity contribution in [3.63, 3.8) is 0 Å². The molecular formula is C16H25N3O. The maximum Gasteiger partial charge on any atom is 0.126 e. The molecule has 0 bridgehead atoms. The lowest BCUT2D eigenvalue weighted by Crippen LogP contribution is -2.20. The third kappa shape index (κ3) is 3.38. The number of aromatic nitrogens is 2. The highest BCUT2D eigenvalue weighted by Gasteiger charge is 2.17. The number of fused-ring (bicyclic) bond motifs is 1. The number of ether oxygens (including phenoxy) is 1. The highest BCUT2D eigenvalue weighted by molar-refractivity contribution is 5.76. The second-order valence-electron chi connectivity index (χ2n) is 5.54. The van der Waals surface area contributed by atoms with Crippen molar-refractivity contribution < 1.29 is 4.74 Å². The third-order valence-corrected chi connectivity index (χ3v) is 3.40. The van der Waals surface area contributed by atoms with Crippen molar-refractivity contribution in [2.45, 2.75) is 39.8 Å². The van der Waals surface area contributed by atoms with Crippen LogP contribution in [0.1, 0.15) is 39.1 Å². The lowest BCUT2D eigenvalue weighted by Gasteiger charge is -2.16. The summed E-state index contributed by atoms with van der Waals surface area (Å²) in [6, 6.07) is 8.17. The molecule has 1 aromatic heterocycles. The Kier molecular flexibility index (Phi) is 5.15. The summed E-state index contributed by atoms with van der Waals surface area (Å²) in [5.41, 5.74) is 8.49. The molecule has 2 rings (SSSR count). The predicted molar refractivity (Wildman–Crippen MR) is 82.6 cm³/mol. The maximum atomic E-state index is 6.34. The van der Waals surface area contributed by atoms with E-state index in [0.717, 1.165) is 36.4 Å². The summed E-state index contributed by atoms with van der Waals surface area (Å²) in [6.45, 7) is 8.62. The van der Waals surface area contributed by atoms with E-state index in [4.69, 9.17) is 15.5 Å². The fourth-order valence-corrected chi connectivity index (χ4v) is 2.53. The van der Waals surface area contributed by atoms with Crippen LogP contribution in [0.25, 0.3) is 11.0 Å². The Balaban J connectivity index is 2.33. The van der Waals surface area contributed by atoms with Gasteiger partial charge in [-0.1, -0.05) is 26.0 Å². The molecule has 2 N–H and O–H groups in total. The molecule has 4 heteroatoms. The first-order valence-corrected chi connectivity index (χ1v) is 7.42. The summed E-state index contributed by atoms with van der Waals surface area (Å²) in [5, 5.41) is 0. The number of imidazole rings is 1. The van der Waals surface area contributed by atoms with Gasteiger partial charge in [-0.05, 0) is 31.4 Å². The fourth-order valence-electron chi connectivity index (χ4n) is 2.53. The van der Waals surface area contributed by atoms with Crippen LogP contribution in [0, 0.1) is 5.92 Å². The Morgan fingerprint density at radius 1 is 1.30 bits per heavy atom. The molecule has 0 fully saturated rings. The summed E-state index contributed by atoms with van der Waals surface area (Å²) >= 11 is 0. The van der Waals surface area contributed by atoms with Crippen LogP contribution >= 0.6 is 0 Å². The van der Waals surface area contributed by atoms with Crippen LogP contribution < -0.4 is 5.73 Å². The first kappa shape index (κ1) is 15.0. The van der Waals surface area contributed by atoms with E-state index < -0.39 is 0 Å². The largest absolute Gasteiger partial charge is 0.380 e. The molecule has 1 heterocycles. The van der Waals surface area contributed by atoms with E-state index >= 15 is 0 Å². The molecular weight excluding hydrogens is 250 g/mol. The lowest BCUT2D eigenvalue weighted by atomic mass is 10.0. The summed E-state index contributed by atoms with van der Waals surface area (Å²) in [5.74, 6) is 1.53. The zero-order valence-electron chi connectivity index (χ0n) is 12.7. The molecule has 2 aromatic rings. The highest BCUT2D eigenvalue weighted by Crippen LogP contribution is 2.23. The van der Waals surface area contributed by atoms with Crippen LogP contribution in [-0.2, 0) is 11.3 Å². The molecule has 0 saturated carbocycles. The van der Waals surface area contributed by atoms with Gasteiger partial charge < -0.3 is 15.0 Å². The van der Waals surface area contributed by atoms with Crippen LogP contribution in [0.5, 0.6) is 0 Å². The molecule has 0 radical (unpaired) electrons. The van der Waals surface area contributed by atoms with Gasteiger partial charge in [-0.25, -0.2) is 4.98 Å². The van der Waals surface area contributed by atoms with Crippen molar-refractivity contribution >= 4 is 11.0 Å². The number of benzene rings is 1. The number of rotatable bonds is 7. The van der Waals surface area contributed by atoms with Crippen molar-refractivity contribution in [2.24, 2.45) is 11.7 Å². The van der Waals surface area contributed by atoms with Crippen molar-refractivity contribution in [3.8, 4) is 0 Å². The van der Waals surface area contributed by atoms with Crippen LogP contribution in [-0.4, -0.2) is 22.8 Å². The van der Waals surface area contributed by atoms with Crippen molar-refractivity contribution in [3.05, 3.63) is 30.1 Å². The summed E-state index contributed by atoms with van der Waals surface area (Å²) in [4.78, 5) is 4.73. The molecule has 20 heavy (non-hydrogen) atoms. The predicted octanol–water partition coefficient (Wildman–Crippen LogP) is 3.12. The lowest BCUT2D eigenvalue weighted by molar-refractivity contribution is 0.139. The second kappa shape index (κ2) is 6.86. The minimum absolute atomic E-state index is 0.0240. The van der Waals surface area contributed by atoms with E-state index in [9.17, 15) is 0 Å². The Hall–Kier alpha value is -1.39. The van der Waals surface area contributed by atoms with Gasteiger partial charge in [0.25, 0.3) is 0 Å². The third-order valence-electron chi connectivity index (χ3n) is 3.40. The van der Waals surface area contributed by atoms with Gasteiger partial charge in [-0.2, -0.15) is 0 Å². The van der Waals surface area contributed by atoms with E-state index in [1.54, 1.807) is 0 Å². The Bertz CT molecular complexity index is 548.